The smallest absolute Gasteiger partial charge is 0.251 e. The molecule has 3 aromatic carbocycles. The first-order chi connectivity index (χ1) is 17.3. The van der Waals surface area contributed by atoms with E-state index in [1.807, 2.05) is 55.5 Å². The number of anilines is 2. The van der Waals surface area contributed by atoms with Crippen molar-refractivity contribution in [1.82, 2.24) is 5.32 Å². The highest BCUT2D eigenvalue weighted by molar-refractivity contribution is 6.02. The van der Waals surface area contributed by atoms with E-state index in [4.69, 9.17) is 4.74 Å². The van der Waals surface area contributed by atoms with Crippen LogP contribution in [0.15, 0.2) is 66.7 Å². The van der Waals surface area contributed by atoms with Gasteiger partial charge in [0.1, 0.15) is 5.75 Å². The second-order valence-electron chi connectivity index (χ2n) is 8.98. The van der Waals surface area contributed by atoms with Crippen molar-refractivity contribution in [2.45, 2.75) is 32.7 Å². The minimum atomic E-state index is -0.562. The molecule has 7 heteroatoms. The fourth-order valence-electron chi connectivity index (χ4n) is 4.82. The average molecular weight is 486 g/mol. The molecule has 36 heavy (non-hydrogen) atoms. The van der Waals surface area contributed by atoms with Gasteiger partial charge in [0.05, 0.1) is 19.1 Å². The lowest BCUT2D eigenvalue weighted by Gasteiger charge is -2.41. The number of benzene rings is 3. The number of ether oxygens (including phenoxy) is 1. The first-order valence-electron chi connectivity index (χ1n) is 12.0. The predicted molar refractivity (Wildman–Crippen MR) is 140 cm³/mol. The molecular weight excluding hydrogens is 454 g/mol. The highest BCUT2D eigenvalue weighted by Crippen LogP contribution is 2.43. The van der Waals surface area contributed by atoms with E-state index in [1.54, 1.807) is 44.2 Å². The molecule has 0 spiro atoms. The zero-order chi connectivity index (χ0) is 25.8. The summed E-state index contributed by atoms with van der Waals surface area (Å²) < 4.78 is 5.64. The Hall–Kier alpha value is -4.13. The van der Waals surface area contributed by atoms with E-state index in [2.05, 4.69) is 10.6 Å². The maximum atomic E-state index is 13.8. The van der Waals surface area contributed by atoms with Crippen LogP contribution in [-0.2, 0) is 9.59 Å². The van der Waals surface area contributed by atoms with Crippen molar-refractivity contribution in [3.63, 3.8) is 0 Å². The van der Waals surface area contributed by atoms with Crippen LogP contribution in [0.2, 0.25) is 0 Å². The number of methoxy groups -OCH3 is 1. The van der Waals surface area contributed by atoms with Crippen LogP contribution < -0.4 is 20.3 Å². The molecule has 0 aromatic heterocycles. The third kappa shape index (κ3) is 4.82. The van der Waals surface area contributed by atoms with Crippen molar-refractivity contribution in [3.8, 4) is 5.75 Å². The Morgan fingerprint density at radius 3 is 2.39 bits per heavy atom. The van der Waals surface area contributed by atoms with Crippen LogP contribution in [0.5, 0.6) is 5.75 Å². The Morgan fingerprint density at radius 2 is 1.69 bits per heavy atom. The Bertz CT molecular complexity index is 1290. The van der Waals surface area contributed by atoms with Crippen molar-refractivity contribution in [2.75, 3.05) is 24.4 Å². The monoisotopic (exact) mass is 485 g/mol. The van der Waals surface area contributed by atoms with Crippen LogP contribution in [0, 0.1) is 19.8 Å². The molecule has 4 rings (SSSR count). The number of piperidine rings is 1. The summed E-state index contributed by atoms with van der Waals surface area (Å²) in [7, 11) is 3.16. The molecule has 1 saturated heterocycles. The SMILES string of the molecule is CNC(=O)c1cccc(NC(=O)C2CCC(=O)N(c3ccc(C)cc3)C2c2ccccc2OC)c1C. The number of para-hydroxylation sites is 1. The number of amides is 3. The number of rotatable bonds is 6. The molecule has 0 radical (unpaired) electrons. The molecule has 2 unspecified atom stereocenters. The summed E-state index contributed by atoms with van der Waals surface area (Å²) >= 11 is 0. The summed E-state index contributed by atoms with van der Waals surface area (Å²) in [5.41, 5.74) is 4.33. The third-order valence-corrected chi connectivity index (χ3v) is 6.77. The van der Waals surface area contributed by atoms with Crippen LogP contribution in [-0.4, -0.2) is 31.9 Å². The minimum absolute atomic E-state index is 0.0448. The Balaban J connectivity index is 1.77. The van der Waals surface area contributed by atoms with Crippen molar-refractivity contribution >= 4 is 29.1 Å². The molecule has 0 aliphatic carbocycles. The van der Waals surface area contributed by atoms with Crippen molar-refractivity contribution < 1.29 is 19.1 Å². The van der Waals surface area contributed by atoms with Gasteiger partial charge in [0.25, 0.3) is 5.91 Å². The number of aryl methyl sites for hydroxylation is 1. The number of nitrogens with zero attached hydrogens (tertiary/aromatic N) is 1. The standard InChI is InChI=1S/C29H31N3O4/c1-18-12-14-20(15-13-18)32-26(33)17-16-23(27(32)22-8-5-6-11-25(22)36-4)29(35)31-24-10-7-9-21(19(24)2)28(34)30-3/h5-15,23,27H,16-17H2,1-4H3,(H,30,34)(H,31,35). The van der Waals surface area contributed by atoms with Gasteiger partial charge >= 0.3 is 0 Å². The van der Waals surface area contributed by atoms with Gasteiger partial charge in [0.15, 0.2) is 0 Å². The molecule has 2 atom stereocenters. The van der Waals surface area contributed by atoms with Crippen LogP contribution in [0.3, 0.4) is 0 Å². The molecule has 3 aromatic rings. The van der Waals surface area contributed by atoms with Crippen LogP contribution in [0.1, 0.15) is 45.9 Å². The molecule has 1 heterocycles. The van der Waals surface area contributed by atoms with E-state index in [0.717, 1.165) is 16.8 Å². The molecule has 0 bridgehead atoms. The van der Waals surface area contributed by atoms with Gasteiger partial charge in [-0.3, -0.25) is 14.4 Å². The quantitative estimate of drug-likeness (QED) is 0.525. The molecular formula is C29H31N3O4. The molecule has 1 aliphatic heterocycles. The van der Waals surface area contributed by atoms with E-state index >= 15 is 0 Å². The van der Waals surface area contributed by atoms with Crippen LogP contribution >= 0.6 is 0 Å². The van der Waals surface area contributed by atoms with E-state index < -0.39 is 12.0 Å². The second kappa shape index (κ2) is 10.6. The zero-order valence-corrected chi connectivity index (χ0v) is 21.0. The zero-order valence-electron chi connectivity index (χ0n) is 21.0. The van der Waals surface area contributed by atoms with Gasteiger partial charge < -0.3 is 20.3 Å². The number of nitrogens with one attached hydrogen (secondary N) is 2. The molecule has 1 aliphatic rings. The third-order valence-electron chi connectivity index (χ3n) is 6.77. The van der Waals surface area contributed by atoms with E-state index in [-0.39, 0.29) is 24.1 Å². The van der Waals surface area contributed by atoms with Crippen LogP contribution in [0.4, 0.5) is 11.4 Å². The molecule has 3 amide bonds. The van der Waals surface area contributed by atoms with E-state index in [9.17, 15) is 14.4 Å². The van der Waals surface area contributed by atoms with Gasteiger partial charge in [-0.2, -0.15) is 0 Å². The lowest BCUT2D eigenvalue weighted by atomic mass is 9.82. The average Bonchev–Trinajstić information content (AvgIpc) is 2.89. The van der Waals surface area contributed by atoms with E-state index in [0.29, 0.717) is 29.0 Å². The lowest BCUT2D eigenvalue weighted by molar-refractivity contribution is -0.126. The van der Waals surface area contributed by atoms with Crippen molar-refractivity contribution in [3.05, 3.63) is 89.0 Å². The molecule has 1 fully saturated rings. The van der Waals surface area contributed by atoms with Crippen LogP contribution in [0.25, 0.3) is 0 Å². The summed E-state index contributed by atoms with van der Waals surface area (Å²) in [6, 6.07) is 19.9. The van der Waals surface area contributed by atoms with Gasteiger partial charge in [-0.1, -0.05) is 42.0 Å². The summed E-state index contributed by atoms with van der Waals surface area (Å²) in [6.45, 7) is 3.80. The van der Waals surface area contributed by atoms with Gasteiger partial charge in [-0.15, -0.1) is 0 Å². The molecule has 2 N–H and O–H groups in total. The number of hydrogen-bond acceptors (Lipinski definition) is 4. The minimum Gasteiger partial charge on any atom is -0.496 e. The first kappa shape index (κ1) is 25.0. The van der Waals surface area contributed by atoms with Gasteiger partial charge in [-0.25, -0.2) is 0 Å². The normalized spacial score (nSPS) is 17.4. The number of carbonyl (C=O) groups is 3. The number of carbonyl (C=O) groups excluding carboxylic acids is 3. The lowest BCUT2D eigenvalue weighted by Crippen LogP contribution is -2.47. The fourth-order valence-corrected chi connectivity index (χ4v) is 4.82. The van der Waals surface area contributed by atoms with Crippen molar-refractivity contribution in [2.24, 2.45) is 5.92 Å². The molecule has 186 valence electrons. The summed E-state index contributed by atoms with van der Waals surface area (Å²) in [4.78, 5) is 41.1. The highest BCUT2D eigenvalue weighted by Gasteiger charge is 2.42. The highest BCUT2D eigenvalue weighted by atomic mass is 16.5. The second-order valence-corrected chi connectivity index (χ2v) is 8.98. The maximum absolute atomic E-state index is 13.8. The maximum Gasteiger partial charge on any atom is 0.251 e. The summed E-state index contributed by atoms with van der Waals surface area (Å²) in [5.74, 6) is -0.401. The predicted octanol–water partition coefficient (Wildman–Crippen LogP) is 4.79. The van der Waals surface area contributed by atoms with E-state index in [1.165, 1.54) is 0 Å². The Kier molecular flexibility index (Phi) is 7.38. The number of hydrogen-bond donors (Lipinski definition) is 2. The molecule has 0 saturated carbocycles. The van der Waals surface area contributed by atoms with Gasteiger partial charge in [-0.05, 0) is 56.2 Å². The topological polar surface area (TPSA) is 87.7 Å². The largest absolute Gasteiger partial charge is 0.496 e. The van der Waals surface area contributed by atoms with Gasteiger partial charge in [0.2, 0.25) is 11.8 Å². The summed E-state index contributed by atoms with van der Waals surface area (Å²) in [5, 5.41) is 5.67. The first-order valence-corrected chi connectivity index (χ1v) is 12.0. The Labute approximate surface area is 211 Å². The van der Waals surface area contributed by atoms with Crippen molar-refractivity contribution in [1.29, 1.82) is 0 Å². The summed E-state index contributed by atoms with van der Waals surface area (Å²) in [6.07, 6.45) is 0.638. The molecule has 7 nitrogen and oxygen atoms in total. The van der Waals surface area contributed by atoms with Gasteiger partial charge in [0, 0.05) is 36.0 Å². The fraction of sp³-hybridized carbons (Fsp3) is 0.276. The Morgan fingerprint density at radius 1 is 0.972 bits per heavy atom.